The van der Waals surface area contributed by atoms with Crippen molar-refractivity contribution in [2.75, 3.05) is 13.6 Å². The van der Waals surface area contributed by atoms with Crippen molar-refractivity contribution in [3.63, 3.8) is 0 Å². The quantitative estimate of drug-likeness (QED) is 0.154. The fraction of sp³-hybridized carbons (Fsp3) is 0.667. The average molecular weight is 519 g/mol. The maximum absolute atomic E-state index is 11.9. The van der Waals surface area contributed by atoms with Crippen LogP contribution < -0.4 is 0 Å². The van der Waals surface area contributed by atoms with E-state index in [0.29, 0.717) is 6.04 Å². The number of nitrogens with zero attached hydrogens (tertiary/aromatic N) is 1. The first kappa shape index (κ1) is 27.4. The molecule has 1 unspecified atom stereocenters. The molecule has 30 heavy (non-hydrogen) atoms. The molecule has 0 amide bonds. The number of rotatable bonds is 17. The van der Waals surface area contributed by atoms with Gasteiger partial charge in [-0.3, -0.25) is 0 Å². The van der Waals surface area contributed by atoms with E-state index in [-0.39, 0.29) is 0 Å². The normalized spacial score (nSPS) is 13.6. The molecule has 0 aromatic heterocycles. The Labute approximate surface area is 191 Å². The van der Waals surface area contributed by atoms with Gasteiger partial charge in [-0.15, -0.1) is 0 Å². The third-order valence-electron chi connectivity index (χ3n) is 6.60. The van der Waals surface area contributed by atoms with Gasteiger partial charge in [0.05, 0.1) is 0 Å². The van der Waals surface area contributed by atoms with E-state index in [1.165, 1.54) is 57.4 Å². The van der Waals surface area contributed by atoms with Crippen LogP contribution in [-0.4, -0.2) is 43.2 Å². The number of unbranched alkanes of at least 4 members (excludes halogenated alkanes) is 3. The molecule has 3 heteroatoms. The van der Waals surface area contributed by atoms with E-state index in [2.05, 4.69) is 80.4 Å². The van der Waals surface area contributed by atoms with Crippen molar-refractivity contribution in [3.8, 4) is 0 Å². The molecule has 0 aliphatic carbocycles. The van der Waals surface area contributed by atoms with Crippen molar-refractivity contribution in [1.29, 1.82) is 0 Å². The molecule has 1 rings (SSSR count). The Morgan fingerprint density at radius 2 is 1.50 bits per heavy atom. The minimum absolute atomic E-state index is 0.399. The molecule has 1 radical (unpaired) electrons. The summed E-state index contributed by atoms with van der Waals surface area (Å²) in [4.78, 5) is 14.3. The third kappa shape index (κ3) is 10.1. The minimum atomic E-state index is -2.42. The fourth-order valence-electron chi connectivity index (χ4n) is 4.40. The van der Waals surface area contributed by atoms with Crippen LogP contribution in [0.15, 0.2) is 40.0 Å². The second-order valence-corrected chi connectivity index (χ2v) is 22.0. The molecule has 0 fully saturated rings. The van der Waals surface area contributed by atoms with Crippen molar-refractivity contribution < 1.29 is 4.79 Å². The van der Waals surface area contributed by atoms with Gasteiger partial charge in [0.15, 0.2) is 0 Å². The third-order valence-corrected chi connectivity index (χ3v) is 20.9. The van der Waals surface area contributed by atoms with Crippen LogP contribution in [0.1, 0.15) is 90.7 Å². The molecule has 0 N–H and O–H groups in total. The molecule has 0 saturated carbocycles. The van der Waals surface area contributed by atoms with Crippen LogP contribution in [0.3, 0.4) is 0 Å². The molecule has 169 valence electrons. The number of carbonyl (C=O) groups excluding carboxylic acids is 1. The van der Waals surface area contributed by atoms with Crippen molar-refractivity contribution in [1.82, 2.24) is 4.90 Å². The van der Waals surface area contributed by atoms with E-state index < -0.39 is 18.4 Å². The molecule has 0 aliphatic rings. The van der Waals surface area contributed by atoms with Gasteiger partial charge in [0.1, 0.15) is 0 Å². The molecular weight excluding hydrogens is 473 g/mol. The topological polar surface area (TPSA) is 20.3 Å². The van der Waals surface area contributed by atoms with Crippen LogP contribution in [0, 0.1) is 0 Å². The van der Waals surface area contributed by atoms with Crippen molar-refractivity contribution in [2.45, 2.75) is 98.4 Å². The summed E-state index contributed by atoms with van der Waals surface area (Å²) in [5.41, 5.74) is 2.35. The van der Waals surface area contributed by atoms with Gasteiger partial charge in [-0.25, -0.2) is 0 Å². The monoisotopic (exact) mass is 520 g/mol. The summed E-state index contributed by atoms with van der Waals surface area (Å²) in [5.74, 6) is 0. The summed E-state index contributed by atoms with van der Waals surface area (Å²) in [5, 5.41) is 0. The molecule has 0 bridgehead atoms. The van der Waals surface area contributed by atoms with E-state index in [0.717, 1.165) is 25.0 Å². The van der Waals surface area contributed by atoms with Gasteiger partial charge in [0.25, 0.3) is 0 Å². The first-order valence-electron chi connectivity index (χ1n) is 12.4. The Morgan fingerprint density at radius 3 is 1.97 bits per heavy atom. The van der Waals surface area contributed by atoms with Gasteiger partial charge in [-0.05, 0) is 0 Å². The van der Waals surface area contributed by atoms with Crippen LogP contribution in [0.4, 0.5) is 0 Å². The molecule has 0 spiro atoms. The maximum atomic E-state index is 11.9. The first-order chi connectivity index (χ1) is 14.5. The molecular formula is C27H46NOSn. The van der Waals surface area contributed by atoms with Crippen LogP contribution >= 0.6 is 0 Å². The van der Waals surface area contributed by atoms with E-state index in [1.807, 2.05) is 0 Å². The Kier molecular flexibility index (Phi) is 14.7. The van der Waals surface area contributed by atoms with Crippen molar-refractivity contribution in [2.24, 2.45) is 0 Å². The van der Waals surface area contributed by atoms with Gasteiger partial charge in [-0.2, -0.15) is 0 Å². The van der Waals surface area contributed by atoms with E-state index in [1.54, 1.807) is 0 Å². The van der Waals surface area contributed by atoms with E-state index >= 15 is 0 Å². The molecule has 1 aromatic carbocycles. The second kappa shape index (κ2) is 16.1. The Balaban J connectivity index is 2.79. The van der Waals surface area contributed by atoms with Crippen LogP contribution in [0.5, 0.6) is 0 Å². The number of hydrogen-bond donors (Lipinski definition) is 0. The summed E-state index contributed by atoms with van der Waals surface area (Å²) >= 11 is -2.42. The Hall–Kier alpha value is -0.611. The number of allylic oxidation sites excluding steroid dienone is 1. The van der Waals surface area contributed by atoms with Gasteiger partial charge in [-0.1, -0.05) is 0 Å². The summed E-state index contributed by atoms with van der Waals surface area (Å²) in [7, 11) is 2.19. The molecule has 0 aliphatic heterocycles. The summed E-state index contributed by atoms with van der Waals surface area (Å²) < 4.78 is 6.81. The Morgan fingerprint density at radius 1 is 0.967 bits per heavy atom. The second-order valence-electron chi connectivity index (χ2n) is 9.12. The van der Waals surface area contributed by atoms with Gasteiger partial charge in [0, 0.05) is 0 Å². The summed E-state index contributed by atoms with van der Waals surface area (Å²) in [6.07, 6.45) is 12.1. The van der Waals surface area contributed by atoms with Crippen molar-refractivity contribution in [3.05, 3.63) is 45.6 Å². The molecule has 1 atom stereocenters. The van der Waals surface area contributed by atoms with E-state index in [9.17, 15) is 4.79 Å². The zero-order chi connectivity index (χ0) is 22.2. The van der Waals surface area contributed by atoms with Gasteiger partial charge >= 0.3 is 192 Å². The van der Waals surface area contributed by atoms with Gasteiger partial charge in [0.2, 0.25) is 0 Å². The first-order valence-corrected chi connectivity index (χ1v) is 20.1. The van der Waals surface area contributed by atoms with Crippen molar-refractivity contribution >= 4 is 24.7 Å². The fourth-order valence-corrected chi connectivity index (χ4v) is 19.5. The Bertz CT molecular complexity index is 576. The summed E-state index contributed by atoms with van der Waals surface area (Å²) in [6.45, 7) is 10.2. The van der Waals surface area contributed by atoms with Crippen LogP contribution in [-0.2, 0) is 4.79 Å². The number of hydrogen-bond acceptors (Lipinski definition) is 2. The average Bonchev–Trinajstić information content (AvgIpc) is 2.79. The zero-order valence-electron chi connectivity index (χ0n) is 20.4. The number of benzene rings is 1. The molecule has 1 aromatic rings. The van der Waals surface area contributed by atoms with Crippen LogP contribution in [0.25, 0.3) is 0 Å². The predicted molar refractivity (Wildman–Crippen MR) is 135 cm³/mol. The molecule has 2 nitrogen and oxygen atoms in total. The molecule has 0 heterocycles. The zero-order valence-corrected chi connectivity index (χ0v) is 23.2. The van der Waals surface area contributed by atoms with E-state index in [4.69, 9.17) is 0 Å². The molecule has 0 saturated heterocycles. The summed E-state index contributed by atoms with van der Waals surface area (Å²) in [6, 6.07) is 11.1. The predicted octanol–water partition coefficient (Wildman–Crippen LogP) is 7.88. The van der Waals surface area contributed by atoms with Gasteiger partial charge < -0.3 is 0 Å². The van der Waals surface area contributed by atoms with Crippen LogP contribution in [0.2, 0.25) is 13.3 Å². The standard InChI is InChI=1S/C15H19NO.3C4H9.Sn/c1-13(12-17)8-7-11-16(3)14(2)15-9-5-4-6-10-15;3*1-3-4-2;/h1,4-6,9-10,14H,7-8,11H2,2-3H3;3*1,3-4H2,2H3;. The SMILES string of the molecule is CCC[CH2][Sn](/[CH]=C(\[C]=O)CCCN(C)C(C)c1ccccc1)([CH2]CCC)[CH2]CCC.